The number of thiophene rings is 1. The molecule has 0 bridgehead atoms. The summed E-state index contributed by atoms with van der Waals surface area (Å²) in [7, 11) is 0. The molecule has 0 saturated heterocycles. The Kier molecular flexibility index (Phi) is 5.03. The standard InChI is InChI=1S/C22H25N3OS/c1-15-8-7-9-17(14-15)24-22(26)23-16(2)20-18-10-3-4-11-19(18)27-21(20)25-12-5-6-13-25/h5-9,12-14,16H,3-4,10-11H2,1-2H3,(H2,23,24,26)/t16-/m1/s1. The van der Waals surface area contributed by atoms with Gasteiger partial charge in [-0.3, -0.25) is 0 Å². The summed E-state index contributed by atoms with van der Waals surface area (Å²) in [6.07, 6.45) is 8.91. The number of urea groups is 1. The fraction of sp³-hybridized carbons (Fsp3) is 0.318. The van der Waals surface area contributed by atoms with Gasteiger partial charge in [0.05, 0.1) is 6.04 Å². The molecule has 2 aromatic heterocycles. The van der Waals surface area contributed by atoms with E-state index in [-0.39, 0.29) is 12.1 Å². The van der Waals surface area contributed by atoms with Crippen molar-refractivity contribution in [2.24, 2.45) is 0 Å². The van der Waals surface area contributed by atoms with E-state index >= 15 is 0 Å². The number of fused-ring (bicyclic) bond motifs is 1. The summed E-state index contributed by atoms with van der Waals surface area (Å²) in [4.78, 5) is 14.0. The molecule has 2 amide bonds. The van der Waals surface area contributed by atoms with Crippen molar-refractivity contribution < 1.29 is 4.79 Å². The monoisotopic (exact) mass is 379 g/mol. The fourth-order valence-corrected chi connectivity index (χ4v) is 5.30. The van der Waals surface area contributed by atoms with Crippen LogP contribution in [0.1, 0.15) is 47.4 Å². The third-order valence-electron chi connectivity index (χ3n) is 5.09. The lowest BCUT2D eigenvalue weighted by molar-refractivity contribution is 0.249. The van der Waals surface area contributed by atoms with E-state index in [0.29, 0.717) is 0 Å². The predicted molar refractivity (Wildman–Crippen MR) is 112 cm³/mol. The highest BCUT2D eigenvalue weighted by Gasteiger charge is 2.25. The first-order valence-electron chi connectivity index (χ1n) is 9.54. The summed E-state index contributed by atoms with van der Waals surface area (Å²) >= 11 is 1.87. The summed E-state index contributed by atoms with van der Waals surface area (Å²) in [5, 5.41) is 7.33. The highest BCUT2D eigenvalue weighted by molar-refractivity contribution is 7.15. The first-order valence-corrected chi connectivity index (χ1v) is 10.4. The molecule has 1 aliphatic carbocycles. The molecule has 4 nitrogen and oxygen atoms in total. The van der Waals surface area contributed by atoms with Crippen molar-refractivity contribution in [2.75, 3.05) is 5.32 Å². The number of aromatic nitrogens is 1. The van der Waals surface area contributed by atoms with Crippen LogP contribution in [-0.4, -0.2) is 10.6 Å². The molecule has 0 radical (unpaired) electrons. The largest absolute Gasteiger partial charge is 0.331 e. The normalized spacial score (nSPS) is 14.4. The average Bonchev–Trinajstić information content (AvgIpc) is 3.29. The highest BCUT2D eigenvalue weighted by Crippen LogP contribution is 2.40. The van der Waals surface area contributed by atoms with E-state index in [1.165, 1.54) is 33.8 Å². The number of anilines is 1. The highest BCUT2D eigenvalue weighted by atomic mass is 32.1. The van der Waals surface area contributed by atoms with Crippen LogP contribution in [0, 0.1) is 6.92 Å². The predicted octanol–water partition coefficient (Wildman–Crippen LogP) is 5.61. The van der Waals surface area contributed by atoms with E-state index in [2.05, 4.69) is 34.5 Å². The Balaban J connectivity index is 1.58. The Morgan fingerprint density at radius 1 is 1.15 bits per heavy atom. The number of amides is 2. The maximum absolute atomic E-state index is 12.6. The Morgan fingerprint density at radius 2 is 1.93 bits per heavy atom. The number of benzene rings is 1. The molecule has 140 valence electrons. The summed E-state index contributed by atoms with van der Waals surface area (Å²) < 4.78 is 2.18. The first kappa shape index (κ1) is 17.9. The van der Waals surface area contributed by atoms with Gasteiger partial charge in [-0.2, -0.15) is 0 Å². The van der Waals surface area contributed by atoms with Crippen LogP contribution in [-0.2, 0) is 12.8 Å². The van der Waals surface area contributed by atoms with Crippen LogP contribution < -0.4 is 10.6 Å². The zero-order chi connectivity index (χ0) is 18.8. The number of nitrogens with one attached hydrogen (secondary N) is 2. The summed E-state index contributed by atoms with van der Waals surface area (Å²) in [5.41, 5.74) is 4.66. The maximum atomic E-state index is 12.6. The minimum atomic E-state index is -0.165. The van der Waals surface area contributed by atoms with Crippen LogP contribution in [0.3, 0.4) is 0 Å². The molecule has 1 aliphatic rings. The molecular weight excluding hydrogens is 354 g/mol. The Hall–Kier alpha value is -2.53. The minimum absolute atomic E-state index is 0.0506. The van der Waals surface area contributed by atoms with Crippen LogP contribution in [0.4, 0.5) is 10.5 Å². The van der Waals surface area contributed by atoms with Crippen molar-refractivity contribution in [3.63, 3.8) is 0 Å². The maximum Gasteiger partial charge on any atom is 0.319 e. The lowest BCUT2D eigenvalue weighted by Crippen LogP contribution is -2.32. The Bertz CT molecular complexity index is 943. The van der Waals surface area contributed by atoms with E-state index in [4.69, 9.17) is 0 Å². The molecule has 5 heteroatoms. The first-order chi connectivity index (χ1) is 13.1. The SMILES string of the molecule is Cc1cccc(NC(=O)N[C@H](C)c2c(-n3cccc3)sc3c2CCCC3)c1. The van der Waals surface area contributed by atoms with Crippen molar-refractivity contribution in [2.45, 2.75) is 45.6 Å². The van der Waals surface area contributed by atoms with Crippen molar-refractivity contribution in [3.05, 3.63) is 70.4 Å². The molecule has 0 aliphatic heterocycles. The Morgan fingerprint density at radius 3 is 2.70 bits per heavy atom. The van der Waals surface area contributed by atoms with Gasteiger partial charge in [-0.25, -0.2) is 4.79 Å². The average molecular weight is 380 g/mol. The van der Waals surface area contributed by atoms with Gasteiger partial charge in [0.15, 0.2) is 0 Å². The van der Waals surface area contributed by atoms with E-state index in [0.717, 1.165) is 24.1 Å². The number of hydrogen-bond donors (Lipinski definition) is 2. The summed E-state index contributed by atoms with van der Waals surface area (Å²) in [5.74, 6) is 0. The van der Waals surface area contributed by atoms with Gasteiger partial charge in [0, 0.05) is 28.5 Å². The van der Waals surface area contributed by atoms with Gasteiger partial charge in [0.1, 0.15) is 5.00 Å². The molecule has 3 aromatic rings. The second-order valence-electron chi connectivity index (χ2n) is 7.21. The number of nitrogens with zero attached hydrogens (tertiary/aromatic N) is 1. The van der Waals surface area contributed by atoms with Crippen LogP contribution in [0.25, 0.3) is 5.00 Å². The van der Waals surface area contributed by atoms with Gasteiger partial charge in [0.25, 0.3) is 0 Å². The number of carbonyl (C=O) groups is 1. The number of rotatable bonds is 4. The second-order valence-corrected chi connectivity index (χ2v) is 8.29. The van der Waals surface area contributed by atoms with Crippen LogP contribution in [0.2, 0.25) is 0 Å². The topological polar surface area (TPSA) is 46.1 Å². The van der Waals surface area contributed by atoms with E-state index < -0.39 is 0 Å². The Labute approximate surface area is 164 Å². The van der Waals surface area contributed by atoms with Gasteiger partial charge in [0.2, 0.25) is 0 Å². The smallest absolute Gasteiger partial charge is 0.319 e. The van der Waals surface area contributed by atoms with Crippen molar-refractivity contribution in [3.8, 4) is 5.00 Å². The molecule has 1 aromatic carbocycles. The van der Waals surface area contributed by atoms with Crippen LogP contribution in [0.5, 0.6) is 0 Å². The summed E-state index contributed by atoms with van der Waals surface area (Å²) in [6.45, 7) is 4.10. The van der Waals surface area contributed by atoms with Crippen LogP contribution in [0.15, 0.2) is 48.8 Å². The van der Waals surface area contributed by atoms with E-state index in [1.54, 1.807) is 0 Å². The molecular formula is C22H25N3OS. The quantitative estimate of drug-likeness (QED) is 0.608. The second kappa shape index (κ2) is 7.61. The molecule has 0 fully saturated rings. The fourth-order valence-electron chi connectivity index (χ4n) is 3.84. The number of carbonyl (C=O) groups excluding carboxylic acids is 1. The van der Waals surface area contributed by atoms with Gasteiger partial charge >= 0.3 is 6.03 Å². The lowest BCUT2D eigenvalue weighted by Gasteiger charge is -2.20. The number of hydrogen-bond acceptors (Lipinski definition) is 2. The lowest BCUT2D eigenvalue weighted by atomic mass is 9.93. The molecule has 4 rings (SSSR count). The molecule has 1 atom stereocenters. The third-order valence-corrected chi connectivity index (χ3v) is 6.41. The minimum Gasteiger partial charge on any atom is -0.331 e. The zero-order valence-electron chi connectivity index (χ0n) is 15.8. The van der Waals surface area contributed by atoms with E-state index in [9.17, 15) is 4.79 Å². The van der Waals surface area contributed by atoms with Gasteiger partial charge in [-0.05, 0) is 74.9 Å². The summed E-state index contributed by atoms with van der Waals surface area (Å²) in [6, 6.07) is 11.7. The van der Waals surface area contributed by atoms with Crippen LogP contribution >= 0.6 is 11.3 Å². The third kappa shape index (κ3) is 3.78. The number of aryl methyl sites for hydroxylation is 2. The molecule has 0 spiro atoms. The molecule has 0 unspecified atom stereocenters. The van der Waals surface area contributed by atoms with Gasteiger partial charge in [-0.1, -0.05) is 12.1 Å². The van der Waals surface area contributed by atoms with E-state index in [1.807, 2.05) is 54.7 Å². The molecule has 2 heterocycles. The van der Waals surface area contributed by atoms with Crippen molar-refractivity contribution in [1.82, 2.24) is 9.88 Å². The van der Waals surface area contributed by atoms with Gasteiger partial charge < -0.3 is 15.2 Å². The molecule has 27 heavy (non-hydrogen) atoms. The molecule has 0 saturated carbocycles. The molecule has 2 N–H and O–H groups in total. The van der Waals surface area contributed by atoms with Crippen molar-refractivity contribution in [1.29, 1.82) is 0 Å². The van der Waals surface area contributed by atoms with Crippen molar-refractivity contribution >= 4 is 23.1 Å². The van der Waals surface area contributed by atoms with Gasteiger partial charge in [-0.15, -0.1) is 11.3 Å². The zero-order valence-corrected chi connectivity index (χ0v) is 16.6.